The maximum Gasteiger partial charge on any atom is 0.224 e. The summed E-state index contributed by atoms with van der Waals surface area (Å²) >= 11 is 1.75. The minimum Gasteiger partial charge on any atom is -0.497 e. The molecule has 0 saturated heterocycles. The van der Waals surface area contributed by atoms with Gasteiger partial charge in [-0.2, -0.15) is 0 Å². The Labute approximate surface area is 136 Å². The number of nitrogens with one attached hydrogen (secondary N) is 1. The number of rotatable bonds is 7. The van der Waals surface area contributed by atoms with Gasteiger partial charge in [-0.25, -0.2) is 0 Å². The topological polar surface area (TPSA) is 38.3 Å². The van der Waals surface area contributed by atoms with Gasteiger partial charge in [-0.05, 0) is 36.8 Å². The predicted molar refractivity (Wildman–Crippen MR) is 91.6 cm³/mol. The lowest BCUT2D eigenvalue weighted by Crippen LogP contribution is -2.27. The van der Waals surface area contributed by atoms with Gasteiger partial charge in [0.15, 0.2) is 0 Å². The van der Waals surface area contributed by atoms with E-state index in [2.05, 4.69) is 36.5 Å². The van der Waals surface area contributed by atoms with Crippen LogP contribution < -0.4 is 10.1 Å². The van der Waals surface area contributed by atoms with Crippen molar-refractivity contribution >= 4 is 17.7 Å². The van der Waals surface area contributed by atoms with Crippen LogP contribution in [0, 0.1) is 6.92 Å². The largest absolute Gasteiger partial charge is 0.497 e. The molecule has 0 aliphatic rings. The minimum atomic E-state index is 0.0396. The number of carbonyl (C=O) groups is 1. The zero-order chi connectivity index (χ0) is 15.8. The second-order valence-corrected chi connectivity index (χ2v) is 6.21. The summed E-state index contributed by atoms with van der Waals surface area (Å²) in [6.07, 6.45) is 0.381. The average molecular weight is 315 g/mol. The average Bonchev–Trinajstić information content (AvgIpc) is 2.53. The van der Waals surface area contributed by atoms with Crippen LogP contribution in [0.15, 0.2) is 53.4 Å². The van der Waals surface area contributed by atoms with Crippen molar-refractivity contribution in [1.82, 2.24) is 5.32 Å². The minimum absolute atomic E-state index is 0.0396. The Morgan fingerprint density at radius 2 is 1.95 bits per heavy atom. The van der Waals surface area contributed by atoms with Gasteiger partial charge < -0.3 is 10.1 Å². The molecule has 0 heterocycles. The lowest BCUT2D eigenvalue weighted by molar-refractivity contribution is -0.120. The van der Waals surface area contributed by atoms with E-state index in [0.29, 0.717) is 13.0 Å². The molecule has 3 nitrogen and oxygen atoms in total. The van der Waals surface area contributed by atoms with Crippen molar-refractivity contribution < 1.29 is 9.53 Å². The molecule has 0 fully saturated rings. The third kappa shape index (κ3) is 5.45. The summed E-state index contributed by atoms with van der Waals surface area (Å²) in [6, 6.07) is 16.0. The zero-order valence-corrected chi connectivity index (χ0v) is 13.8. The fourth-order valence-electron chi connectivity index (χ4n) is 2.02. The summed E-state index contributed by atoms with van der Waals surface area (Å²) < 4.78 is 5.16. The van der Waals surface area contributed by atoms with Gasteiger partial charge in [0.1, 0.15) is 5.75 Å². The van der Waals surface area contributed by atoms with Crippen LogP contribution in [0.25, 0.3) is 0 Å². The Bertz CT molecular complexity index is 611. The molecule has 0 radical (unpaired) electrons. The second-order valence-electron chi connectivity index (χ2n) is 5.04. The molecule has 2 rings (SSSR count). The Morgan fingerprint density at radius 1 is 1.18 bits per heavy atom. The van der Waals surface area contributed by atoms with Crippen molar-refractivity contribution in [3.63, 3.8) is 0 Å². The molecule has 4 heteroatoms. The first kappa shape index (κ1) is 16.4. The van der Waals surface area contributed by atoms with Crippen LogP contribution in [0.1, 0.15) is 11.1 Å². The molecule has 0 saturated carbocycles. The van der Waals surface area contributed by atoms with Gasteiger partial charge in [-0.3, -0.25) is 4.79 Å². The normalized spacial score (nSPS) is 10.3. The molecular formula is C18H21NO2S. The molecule has 1 amide bonds. The van der Waals surface area contributed by atoms with Crippen molar-refractivity contribution in [2.75, 3.05) is 19.4 Å². The van der Waals surface area contributed by atoms with Gasteiger partial charge >= 0.3 is 0 Å². The lowest BCUT2D eigenvalue weighted by Gasteiger charge is -2.07. The molecule has 0 aromatic heterocycles. The van der Waals surface area contributed by atoms with Crippen molar-refractivity contribution in [1.29, 1.82) is 0 Å². The van der Waals surface area contributed by atoms with Gasteiger partial charge in [0.2, 0.25) is 5.91 Å². The molecule has 22 heavy (non-hydrogen) atoms. The number of carbonyl (C=O) groups excluding carboxylic acids is 1. The summed E-state index contributed by atoms with van der Waals surface area (Å²) in [5, 5.41) is 2.95. The van der Waals surface area contributed by atoms with Crippen molar-refractivity contribution in [3.05, 3.63) is 59.7 Å². The van der Waals surface area contributed by atoms with Crippen molar-refractivity contribution in [2.24, 2.45) is 0 Å². The summed E-state index contributed by atoms with van der Waals surface area (Å²) in [4.78, 5) is 13.1. The van der Waals surface area contributed by atoms with E-state index in [1.54, 1.807) is 18.9 Å². The first-order valence-electron chi connectivity index (χ1n) is 7.26. The third-order valence-electron chi connectivity index (χ3n) is 3.21. The Morgan fingerprint density at radius 3 is 2.68 bits per heavy atom. The van der Waals surface area contributed by atoms with Gasteiger partial charge in [-0.15, -0.1) is 11.8 Å². The van der Waals surface area contributed by atoms with Crippen LogP contribution in [0.4, 0.5) is 0 Å². The van der Waals surface area contributed by atoms with E-state index < -0.39 is 0 Å². The number of hydrogen-bond acceptors (Lipinski definition) is 3. The van der Waals surface area contributed by atoms with E-state index in [4.69, 9.17) is 4.74 Å². The number of aryl methyl sites for hydroxylation is 1. The van der Waals surface area contributed by atoms with Crippen LogP contribution in [0.2, 0.25) is 0 Å². The highest BCUT2D eigenvalue weighted by Crippen LogP contribution is 2.17. The number of amides is 1. The highest BCUT2D eigenvalue weighted by atomic mass is 32.2. The number of methoxy groups -OCH3 is 1. The predicted octanol–water partition coefficient (Wildman–Crippen LogP) is 3.45. The van der Waals surface area contributed by atoms with E-state index in [1.807, 2.05) is 24.3 Å². The highest BCUT2D eigenvalue weighted by Gasteiger charge is 2.04. The maximum absolute atomic E-state index is 11.9. The molecule has 2 aromatic carbocycles. The Hall–Kier alpha value is -1.94. The van der Waals surface area contributed by atoms with Crippen molar-refractivity contribution in [2.45, 2.75) is 18.2 Å². The first-order valence-corrected chi connectivity index (χ1v) is 8.25. The SMILES string of the molecule is COc1cccc(CC(=O)NCCSc2ccc(C)cc2)c1. The number of thioether (sulfide) groups is 1. The third-order valence-corrected chi connectivity index (χ3v) is 4.23. The van der Waals surface area contributed by atoms with E-state index in [1.165, 1.54) is 10.5 Å². The van der Waals surface area contributed by atoms with Crippen LogP contribution >= 0.6 is 11.8 Å². The van der Waals surface area contributed by atoms with E-state index in [9.17, 15) is 4.79 Å². The second kappa shape index (κ2) is 8.49. The number of hydrogen-bond donors (Lipinski definition) is 1. The smallest absolute Gasteiger partial charge is 0.224 e. The van der Waals surface area contributed by atoms with E-state index in [0.717, 1.165) is 17.1 Å². The summed E-state index contributed by atoms with van der Waals surface area (Å²) in [6.45, 7) is 2.74. The molecular weight excluding hydrogens is 294 g/mol. The molecule has 0 spiro atoms. The summed E-state index contributed by atoms with van der Waals surface area (Å²) in [5.41, 5.74) is 2.22. The van der Waals surface area contributed by atoms with E-state index >= 15 is 0 Å². The standard InChI is InChI=1S/C18H21NO2S/c1-14-6-8-17(9-7-14)22-11-10-19-18(20)13-15-4-3-5-16(12-15)21-2/h3-9,12H,10-11,13H2,1-2H3,(H,19,20). The molecule has 0 bridgehead atoms. The van der Waals surface area contributed by atoms with Gasteiger partial charge in [0, 0.05) is 17.2 Å². The maximum atomic E-state index is 11.9. The lowest BCUT2D eigenvalue weighted by atomic mass is 10.1. The zero-order valence-electron chi connectivity index (χ0n) is 13.0. The molecule has 0 unspecified atom stereocenters. The fourth-order valence-corrected chi connectivity index (χ4v) is 2.79. The van der Waals surface area contributed by atoms with Gasteiger partial charge in [0.25, 0.3) is 0 Å². The molecule has 2 aromatic rings. The molecule has 0 aliphatic heterocycles. The molecule has 1 N–H and O–H groups in total. The highest BCUT2D eigenvalue weighted by molar-refractivity contribution is 7.99. The quantitative estimate of drug-likeness (QED) is 0.628. The first-order chi connectivity index (χ1) is 10.7. The molecule has 0 aliphatic carbocycles. The molecule has 116 valence electrons. The van der Waals surface area contributed by atoms with Crippen LogP contribution in [0.5, 0.6) is 5.75 Å². The number of ether oxygens (including phenoxy) is 1. The Kier molecular flexibility index (Phi) is 6.34. The van der Waals surface area contributed by atoms with Crippen LogP contribution in [-0.2, 0) is 11.2 Å². The summed E-state index contributed by atoms with van der Waals surface area (Å²) in [5.74, 6) is 1.69. The monoisotopic (exact) mass is 315 g/mol. The van der Waals surface area contributed by atoms with Crippen molar-refractivity contribution in [3.8, 4) is 5.75 Å². The van der Waals surface area contributed by atoms with Gasteiger partial charge in [0.05, 0.1) is 13.5 Å². The van der Waals surface area contributed by atoms with Crippen LogP contribution in [-0.4, -0.2) is 25.3 Å². The summed E-state index contributed by atoms with van der Waals surface area (Å²) in [7, 11) is 1.63. The van der Waals surface area contributed by atoms with Gasteiger partial charge in [-0.1, -0.05) is 29.8 Å². The Balaban J connectivity index is 1.70. The fraction of sp³-hybridized carbons (Fsp3) is 0.278. The van der Waals surface area contributed by atoms with Crippen LogP contribution in [0.3, 0.4) is 0 Å². The molecule has 0 atom stereocenters. The number of benzene rings is 2. The van der Waals surface area contributed by atoms with E-state index in [-0.39, 0.29) is 5.91 Å².